The molecule has 0 atom stereocenters. The summed E-state index contributed by atoms with van der Waals surface area (Å²) in [6, 6.07) is 8.82. The average Bonchev–Trinajstić information content (AvgIpc) is 3.61. The van der Waals surface area contributed by atoms with Gasteiger partial charge in [0.25, 0.3) is 0 Å². The van der Waals surface area contributed by atoms with Gasteiger partial charge < -0.3 is 9.97 Å². The third-order valence-corrected chi connectivity index (χ3v) is 7.77. The molecule has 2 aromatic heterocycles. The molecule has 3 aliphatic rings. The lowest BCUT2D eigenvalue weighted by molar-refractivity contribution is 0.455. The Bertz CT molecular complexity index is 1130. The number of aromatic amines is 2. The number of rotatable bonds is 4. The maximum atomic E-state index is 5.06. The Morgan fingerprint density at radius 3 is 1.44 bits per heavy atom. The van der Waals surface area contributed by atoms with Crippen molar-refractivity contribution in [3.05, 3.63) is 82.7 Å². The standard InChI is InChI=1S/C28H32N4/c1-5-27(6-2)23-13-9-19(29-23)17-21-11-15-25(31-21)28(7-3,8-4)26-16-12-22(32-26)18-20-10-14-24(27)30-20/h9-18,29-30H,5-8H2,1-4H3/b21-17-,22-18?. The van der Waals surface area contributed by atoms with E-state index in [1.807, 2.05) is 0 Å². The number of H-pyrrole nitrogens is 2. The molecule has 0 saturated carbocycles. The van der Waals surface area contributed by atoms with Gasteiger partial charge in [0, 0.05) is 28.2 Å². The van der Waals surface area contributed by atoms with Gasteiger partial charge in [-0.2, -0.15) is 0 Å². The summed E-state index contributed by atoms with van der Waals surface area (Å²) < 4.78 is 0. The summed E-state index contributed by atoms with van der Waals surface area (Å²) in [5.41, 5.74) is 8.61. The molecule has 4 heteroatoms. The van der Waals surface area contributed by atoms with Gasteiger partial charge in [-0.15, -0.1) is 0 Å². The Morgan fingerprint density at radius 1 is 0.594 bits per heavy atom. The summed E-state index contributed by atoms with van der Waals surface area (Å²) in [5.74, 6) is 0. The lowest BCUT2D eigenvalue weighted by Crippen LogP contribution is -2.35. The highest BCUT2D eigenvalue weighted by molar-refractivity contribution is 6.22. The van der Waals surface area contributed by atoms with Crippen molar-refractivity contribution in [1.29, 1.82) is 0 Å². The maximum absolute atomic E-state index is 5.06. The molecule has 5 rings (SSSR count). The van der Waals surface area contributed by atoms with Crippen LogP contribution in [0.25, 0.3) is 12.2 Å². The van der Waals surface area contributed by atoms with Crippen LogP contribution in [0.4, 0.5) is 0 Å². The monoisotopic (exact) mass is 424 g/mol. The van der Waals surface area contributed by atoms with Crippen LogP contribution < -0.4 is 0 Å². The second kappa shape index (κ2) is 7.77. The van der Waals surface area contributed by atoms with Gasteiger partial charge in [-0.25, -0.2) is 0 Å². The Morgan fingerprint density at radius 2 is 1.03 bits per heavy atom. The molecule has 5 heterocycles. The largest absolute Gasteiger partial charge is 0.358 e. The van der Waals surface area contributed by atoms with Gasteiger partial charge in [-0.3, -0.25) is 9.98 Å². The molecule has 8 bridgehead atoms. The van der Waals surface area contributed by atoms with E-state index >= 15 is 0 Å². The van der Waals surface area contributed by atoms with E-state index in [0.29, 0.717) is 0 Å². The Kier molecular flexibility index (Phi) is 5.04. The van der Waals surface area contributed by atoms with Crippen molar-refractivity contribution in [1.82, 2.24) is 9.97 Å². The van der Waals surface area contributed by atoms with Crippen LogP contribution in [0.15, 0.2) is 69.9 Å². The number of fused-ring (bicyclic) bond motifs is 6. The van der Waals surface area contributed by atoms with Crippen molar-refractivity contribution < 1.29 is 0 Å². The zero-order valence-electron chi connectivity index (χ0n) is 19.5. The van der Waals surface area contributed by atoms with Crippen LogP contribution in [0, 0.1) is 5.41 Å². The first-order chi connectivity index (χ1) is 15.6. The first-order valence-electron chi connectivity index (χ1n) is 11.9. The van der Waals surface area contributed by atoms with Gasteiger partial charge in [-0.1, -0.05) is 27.7 Å². The van der Waals surface area contributed by atoms with Crippen molar-refractivity contribution in [2.24, 2.45) is 15.4 Å². The van der Waals surface area contributed by atoms with Crippen molar-refractivity contribution in [3.63, 3.8) is 0 Å². The van der Waals surface area contributed by atoms with E-state index < -0.39 is 0 Å². The van der Waals surface area contributed by atoms with Crippen LogP contribution in [0.3, 0.4) is 0 Å². The smallest absolute Gasteiger partial charge is 0.0654 e. The van der Waals surface area contributed by atoms with Crippen LogP contribution in [-0.4, -0.2) is 21.4 Å². The predicted octanol–water partition coefficient (Wildman–Crippen LogP) is 6.97. The topological polar surface area (TPSA) is 56.3 Å². The van der Waals surface area contributed by atoms with Crippen LogP contribution in [-0.2, 0) is 5.41 Å². The van der Waals surface area contributed by atoms with Crippen molar-refractivity contribution in [3.8, 4) is 0 Å². The summed E-state index contributed by atoms with van der Waals surface area (Å²) >= 11 is 0. The van der Waals surface area contributed by atoms with Gasteiger partial charge >= 0.3 is 0 Å². The molecule has 4 nitrogen and oxygen atoms in total. The number of allylic oxidation sites excluding steroid dienone is 4. The third kappa shape index (κ3) is 3.04. The third-order valence-electron chi connectivity index (χ3n) is 7.77. The van der Waals surface area contributed by atoms with E-state index in [-0.39, 0.29) is 10.8 Å². The number of aromatic nitrogens is 2. The Hall–Kier alpha value is -3.14. The molecule has 32 heavy (non-hydrogen) atoms. The van der Waals surface area contributed by atoms with Crippen molar-refractivity contribution >= 4 is 23.6 Å². The lowest BCUT2D eigenvalue weighted by Gasteiger charge is -2.30. The summed E-state index contributed by atoms with van der Waals surface area (Å²) in [6.45, 7) is 9.01. The van der Waals surface area contributed by atoms with E-state index in [9.17, 15) is 0 Å². The summed E-state index contributed by atoms with van der Waals surface area (Å²) in [4.78, 5) is 17.5. The fourth-order valence-corrected chi connectivity index (χ4v) is 5.58. The minimum absolute atomic E-state index is 0.0793. The molecule has 0 aliphatic carbocycles. The second-order valence-electron chi connectivity index (χ2n) is 9.03. The molecule has 0 unspecified atom stereocenters. The van der Waals surface area contributed by atoms with Gasteiger partial charge in [0.1, 0.15) is 0 Å². The molecule has 2 N–H and O–H groups in total. The zero-order valence-corrected chi connectivity index (χ0v) is 19.5. The molecule has 164 valence electrons. The van der Waals surface area contributed by atoms with E-state index in [2.05, 4.69) is 98.4 Å². The zero-order chi connectivity index (χ0) is 22.3. The van der Waals surface area contributed by atoms with Crippen LogP contribution >= 0.6 is 0 Å². The van der Waals surface area contributed by atoms with E-state index in [1.54, 1.807) is 0 Å². The molecule has 0 spiro atoms. The highest BCUT2D eigenvalue weighted by Gasteiger charge is 2.38. The number of nitrogens with one attached hydrogen (secondary N) is 2. The summed E-state index contributed by atoms with van der Waals surface area (Å²) in [5, 5.41) is 0. The number of aliphatic imine (C=N–C) groups is 2. The normalized spacial score (nSPS) is 21.8. The van der Waals surface area contributed by atoms with Crippen LogP contribution in [0.2, 0.25) is 0 Å². The first kappa shape index (κ1) is 20.7. The van der Waals surface area contributed by atoms with Crippen molar-refractivity contribution in [2.45, 2.75) is 58.8 Å². The molecular weight excluding hydrogens is 392 g/mol. The minimum atomic E-state index is -0.170. The van der Waals surface area contributed by atoms with E-state index in [4.69, 9.17) is 9.98 Å². The predicted molar refractivity (Wildman–Crippen MR) is 135 cm³/mol. The highest BCUT2D eigenvalue weighted by Crippen LogP contribution is 2.40. The van der Waals surface area contributed by atoms with Crippen LogP contribution in [0.1, 0.15) is 76.2 Å². The number of hydrogen-bond acceptors (Lipinski definition) is 2. The number of hydrogen-bond donors (Lipinski definition) is 2. The molecule has 0 fully saturated rings. The molecule has 0 aromatic carbocycles. The van der Waals surface area contributed by atoms with Crippen LogP contribution in [0.5, 0.6) is 0 Å². The number of nitrogens with zero attached hydrogens (tertiary/aromatic N) is 2. The quantitative estimate of drug-likeness (QED) is 0.532. The molecule has 0 amide bonds. The lowest BCUT2D eigenvalue weighted by atomic mass is 9.73. The first-order valence-corrected chi connectivity index (χ1v) is 11.9. The van der Waals surface area contributed by atoms with Gasteiger partial charge in [-0.05, 0) is 86.4 Å². The molecule has 0 saturated heterocycles. The molecule has 2 aromatic rings. The van der Waals surface area contributed by atoms with Crippen molar-refractivity contribution in [2.75, 3.05) is 0 Å². The molecular formula is C28H32N4. The van der Waals surface area contributed by atoms with Gasteiger partial charge in [0.15, 0.2) is 0 Å². The molecule has 3 aliphatic heterocycles. The fraction of sp³-hybridized carbons (Fsp3) is 0.357. The summed E-state index contributed by atoms with van der Waals surface area (Å²) in [6.07, 6.45) is 16.9. The van der Waals surface area contributed by atoms with Gasteiger partial charge in [0.2, 0.25) is 0 Å². The SMILES string of the molecule is CCC1(CC)C2=NC(=Cc3ccc([nH]3)C(CC)(CC)c3ccc([nH]3)/C=C3/C=CC1=N3)C=C2. The Balaban J connectivity index is 1.73. The van der Waals surface area contributed by atoms with E-state index in [0.717, 1.165) is 59.9 Å². The minimum Gasteiger partial charge on any atom is -0.358 e. The molecule has 0 radical (unpaired) electrons. The van der Waals surface area contributed by atoms with E-state index in [1.165, 1.54) is 11.4 Å². The fourth-order valence-electron chi connectivity index (χ4n) is 5.58. The summed E-state index contributed by atoms with van der Waals surface area (Å²) in [7, 11) is 0. The highest BCUT2D eigenvalue weighted by atomic mass is 14.9. The Labute approximate surface area is 190 Å². The second-order valence-corrected chi connectivity index (χ2v) is 9.03. The maximum Gasteiger partial charge on any atom is 0.0654 e. The average molecular weight is 425 g/mol. The van der Waals surface area contributed by atoms with Gasteiger partial charge in [0.05, 0.1) is 28.2 Å².